The molecule has 0 radical (unpaired) electrons. The van der Waals surface area contributed by atoms with Crippen LogP contribution >= 0.6 is 0 Å². The highest BCUT2D eigenvalue weighted by atomic mass is 16.3. The molecular formula is C36H65N11O13. The number of carbonyl (C=O) groups is 10. The number of likely N-dealkylation sites (N-methyl/N-ethyl adjacent to an activating group) is 7. The Labute approximate surface area is 350 Å². The third-order valence-corrected chi connectivity index (χ3v) is 8.63. The first-order valence-corrected chi connectivity index (χ1v) is 18.9. The number of nitrogens with zero attached hydrogens (tertiary/aromatic N) is 9. The van der Waals surface area contributed by atoms with Gasteiger partial charge in [0.05, 0.1) is 83.8 Å². The predicted molar refractivity (Wildman–Crippen MR) is 214 cm³/mol. The second-order valence-electron chi connectivity index (χ2n) is 14.9. The number of primary amides is 1. The monoisotopic (exact) mass is 859 g/mol. The van der Waals surface area contributed by atoms with Gasteiger partial charge < -0.3 is 70.5 Å². The van der Waals surface area contributed by atoms with E-state index < -0.39 is 124 Å². The fraction of sp³-hybridized carbons (Fsp3) is 0.722. The van der Waals surface area contributed by atoms with Crippen LogP contribution in [0.15, 0.2) is 0 Å². The van der Waals surface area contributed by atoms with Gasteiger partial charge in [-0.1, -0.05) is 0 Å². The maximum atomic E-state index is 13.3. The number of carbonyl (C=O) groups excluding carboxylic acids is 10. The van der Waals surface area contributed by atoms with Gasteiger partial charge in [-0.05, 0) is 27.8 Å². The van der Waals surface area contributed by atoms with Gasteiger partial charge in [-0.2, -0.15) is 0 Å². The third kappa shape index (κ3) is 21.0. The number of aliphatic hydroxyl groups excluding tert-OH is 3. The first-order chi connectivity index (χ1) is 27.7. The van der Waals surface area contributed by atoms with E-state index in [1.807, 2.05) is 0 Å². The van der Waals surface area contributed by atoms with Crippen LogP contribution in [0.5, 0.6) is 0 Å². The summed E-state index contributed by atoms with van der Waals surface area (Å²) in [6.07, 6.45) is -3.14. The molecule has 6 N–H and O–H groups in total. The summed E-state index contributed by atoms with van der Waals surface area (Å²) in [5.74, 6) is -6.66. The van der Waals surface area contributed by atoms with Crippen molar-refractivity contribution in [1.82, 2.24) is 49.4 Å². The van der Waals surface area contributed by atoms with Crippen LogP contribution in [0, 0.1) is 0 Å². The Hall–Kier alpha value is -5.46. The summed E-state index contributed by atoms with van der Waals surface area (Å²) in [5, 5.41) is 32.5. The van der Waals surface area contributed by atoms with Crippen molar-refractivity contribution < 1.29 is 63.3 Å². The van der Waals surface area contributed by atoms with Crippen molar-refractivity contribution in [2.45, 2.75) is 39.1 Å². The van der Waals surface area contributed by atoms with E-state index in [-0.39, 0.29) is 38.6 Å². The fourth-order valence-corrected chi connectivity index (χ4v) is 5.18. The molecule has 0 fully saturated rings. The molecule has 24 nitrogen and oxygen atoms in total. The lowest BCUT2D eigenvalue weighted by molar-refractivity contribution is -0.148. The van der Waals surface area contributed by atoms with Crippen LogP contribution in [0.25, 0.3) is 0 Å². The molecule has 0 bridgehead atoms. The zero-order valence-corrected chi connectivity index (χ0v) is 36.5. The van der Waals surface area contributed by atoms with Crippen molar-refractivity contribution in [3.8, 4) is 0 Å². The zero-order chi connectivity index (χ0) is 46.6. The van der Waals surface area contributed by atoms with E-state index in [1.165, 1.54) is 63.1 Å². The Morgan fingerprint density at radius 1 is 0.400 bits per heavy atom. The maximum Gasteiger partial charge on any atom is 0.242 e. The van der Waals surface area contributed by atoms with Gasteiger partial charge in [0.25, 0.3) is 0 Å². The molecule has 0 aliphatic carbocycles. The minimum absolute atomic E-state index is 0.0187. The quantitative estimate of drug-likeness (QED) is 0.0541. The van der Waals surface area contributed by atoms with Crippen LogP contribution in [0.4, 0.5) is 0 Å². The van der Waals surface area contributed by atoms with E-state index in [0.29, 0.717) is 0 Å². The molecule has 0 aromatic rings. The molecule has 24 heteroatoms. The van der Waals surface area contributed by atoms with Gasteiger partial charge in [0.15, 0.2) is 0 Å². The Kier molecular flexibility index (Phi) is 24.2. The van der Waals surface area contributed by atoms with E-state index in [2.05, 4.69) is 5.32 Å². The molecule has 342 valence electrons. The van der Waals surface area contributed by atoms with E-state index in [0.717, 1.165) is 44.1 Å². The lowest BCUT2D eigenvalue weighted by Crippen LogP contribution is -2.52. The summed E-state index contributed by atoms with van der Waals surface area (Å²) in [6, 6.07) is 0. The molecule has 0 heterocycles. The smallest absolute Gasteiger partial charge is 0.242 e. The van der Waals surface area contributed by atoms with Gasteiger partial charge in [-0.15, -0.1) is 0 Å². The Bertz CT molecular complexity index is 1530. The first kappa shape index (κ1) is 54.5. The molecule has 0 spiro atoms. The number of aliphatic hydroxyl groups is 3. The highest BCUT2D eigenvalue weighted by Crippen LogP contribution is 2.04. The normalized spacial score (nSPS) is 12.2. The number of amides is 10. The molecule has 3 atom stereocenters. The zero-order valence-electron chi connectivity index (χ0n) is 36.5. The summed E-state index contributed by atoms with van der Waals surface area (Å²) in [6.45, 7) is -1.22. The summed E-state index contributed by atoms with van der Waals surface area (Å²) in [7, 11) is 9.41. The van der Waals surface area contributed by atoms with Gasteiger partial charge in [-0.25, -0.2) is 0 Å². The molecule has 0 aromatic heterocycles. The predicted octanol–water partition coefficient (Wildman–Crippen LogP) is -6.93. The number of hydrogen-bond acceptors (Lipinski definition) is 14. The van der Waals surface area contributed by atoms with Crippen LogP contribution < -0.4 is 11.1 Å². The highest BCUT2D eigenvalue weighted by Gasteiger charge is 2.29. The Morgan fingerprint density at radius 3 is 0.850 bits per heavy atom. The largest absolute Gasteiger partial charge is 0.392 e. The van der Waals surface area contributed by atoms with Crippen molar-refractivity contribution in [3.05, 3.63) is 0 Å². The Morgan fingerprint density at radius 2 is 0.617 bits per heavy atom. The number of nitrogens with two attached hydrogens (primary N) is 1. The Balaban J connectivity index is 5.51. The highest BCUT2D eigenvalue weighted by molar-refractivity contribution is 5.93. The van der Waals surface area contributed by atoms with Gasteiger partial charge >= 0.3 is 0 Å². The number of hydrogen-bond donors (Lipinski definition) is 5. The molecule has 0 aromatic carbocycles. The molecule has 0 rings (SSSR count). The number of rotatable bonds is 26. The van der Waals surface area contributed by atoms with Crippen molar-refractivity contribution in [3.63, 3.8) is 0 Å². The molecule has 0 saturated heterocycles. The van der Waals surface area contributed by atoms with Crippen LogP contribution in [0.3, 0.4) is 0 Å². The topological polar surface area (TPSA) is 299 Å². The summed E-state index contributed by atoms with van der Waals surface area (Å²) < 4.78 is 0. The first-order valence-electron chi connectivity index (χ1n) is 18.9. The van der Waals surface area contributed by atoms with Crippen molar-refractivity contribution in [2.24, 2.45) is 5.73 Å². The van der Waals surface area contributed by atoms with E-state index in [1.54, 1.807) is 7.05 Å². The fourth-order valence-electron chi connectivity index (χ4n) is 5.18. The molecule has 3 unspecified atom stereocenters. The molecule has 60 heavy (non-hydrogen) atoms. The SMILES string of the molecule is CNCC(=O)N(C)CC(=O)N(CC(=O)N(C)CC(=O)N(C)CC(=O)N(CC(=O)N(C)CC(=O)N(C)CC(=O)N(CC(=O)N(C)CC(N)=O)CC(C)O)CC(C)O)CC(C)O. The average Bonchev–Trinajstić information content (AvgIpc) is 3.12. The number of nitrogens with one attached hydrogen (secondary N) is 1. The molecule has 0 aliphatic rings. The minimum Gasteiger partial charge on any atom is -0.392 e. The summed E-state index contributed by atoms with van der Waals surface area (Å²) in [5.41, 5.74) is 5.12. The van der Waals surface area contributed by atoms with Crippen molar-refractivity contribution >= 4 is 59.1 Å². The van der Waals surface area contributed by atoms with Crippen molar-refractivity contribution in [1.29, 1.82) is 0 Å². The van der Waals surface area contributed by atoms with Gasteiger partial charge in [0, 0.05) is 61.9 Å². The molecule has 10 amide bonds. The van der Waals surface area contributed by atoms with Crippen LogP contribution in [-0.4, -0.2) is 271 Å². The second-order valence-corrected chi connectivity index (χ2v) is 14.9. The van der Waals surface area contributed by atoms with E-state index >= 15 is 0 Å². The van der Waals surface area contributed by atoms with Crippen LogP contribution in [-0.2, 0) is 47.9 Å². The minimum atomic E-state index is -1.10. The van der Waals surface area contributed by atoms with Gasteiger partial charge in [0.1, 0.15) is 0 Å². The maximum absolute atomic E-state index is 13.3. The standard InChI is InChI=1S/C36H65N11O13/c1-24(48)12-45(21-31(55)39(5)15-27(37)51)35(59)19-43(9)29(53)17-42(8)33(57)23-47(14-26(3)50)36(60)20-44(10)30(54)16-41(7)32(56)22-46(13-25(2)49)34(58)18-40(6)28(52)11-38-4/h24-26,38,48-50H,11-23H2,1-10H3,(H2,37,51). The van der Waals surface area contributed by atoms with Crippen molar-refractivity contribution in [2.75, 3.05) is 134 Å². The third-order valence-electron chi connectivity index (χ3n) is 8.63. The van der Waals surface area contributed by atoms with Crippen LogP contribution in [0.1, 0.15) is 20.8 Å². The van der Waals surface area contributed by atoms with E-state index in [9.17, 15) is 63.3 Å². The molecule has 0 saturated carbocycles. The van der Waals surface area contributed by atoms with Gasteiger partial charge in [-0.3, -0.25) is 47.9 Å². The van der Waals surface area contributed by atoms with Gasteiger partial charge in [0.2, 0.25) is 59.1 Å². The van der Waals surface area contributed by atoms with Crippen LogP contribution in [0.2, 0.25) is 0 Å². The molecule has 0 aliphatic heterocycles. The van der Waals surface area contributed by atoms with E-state index in [4.69, 9.17) is 5.73 Å². The summed E-state index contributed by atoms with van der Waals surface area (Å²) in [4.78, 5) is 137. The average molecular weight is 860 g/mol. The lowest BCUT2D eigenvalue weighted by atomic mass is 10.3. The molecular weight excluding hydrogens is 794 g/mol. The lowest BCUT2D eigenvalue weighted by Gasteiger charge is -2.30. The second kappa shape index (κ2) is 26.6. The summed E-state index contributed by atoms with van der Waals surface area (Å²) >= 11 is 0.